The highest BCUT2D eigenvalue weighted by molar-refractivity contribution is 6.26. The van der Waals surface area contributed by atoms with Gasteiger partial charge in [0.05, 0.1) is 0 Å². The summed E-state index contributed by atoms with van der Waals surface area (Å²) in [6.07, 6.45) is 0. The molecule has 1 aromatic carbocycles. The van der Waals surface area contributed by atoms with Crippen molar-refractivity contribution in [2.75, 3.05) is 0 Å². The van der Waals surface area contributed by atoms with E-state index in [2.05, 4.69) is 0 Å². The Hall–Kier alpha value is -1.86. The number of rotatable bonds is 2. The number of carbonyl (C=O) groups is 1. The highest BCUT2D eigenvalue weighted by atomic mass is 16.1. The molecule has 0 atom stereocenters. The van der Waals surface area contributed by atoms with Crippen LogP contribution in [0.2, 0.25) is 0 Å². The van der Waals surface area contributed by atoms with Gasteiger partial charge >= 0.3 is 0 Å². The molecule has 0 bridgehead atoms. The molecule has 0 aromatic heterocycles. The zero-order valence-electron chi connectivity index (χ0n) is 6.28. The maximum absolute atomic E-state index is 10.7. The molecule has 60 valence electrons. The van der Waals surface area contributed by atoms with E-state index in [9.17, 15) is 9.59 Å². The summed E-state index contributed by atoms with van der Waals surface area (Å²) in [4.78, 5) is 20.9. The molecule has 1 amide bonds. The molecule has 0 spiro atoms. The number of hydrogen-bond acceptors (Lipinski definition) is 2. The molecule has 1 aromatic rings. The fourth-order valence-electron chi connectivity index (χ4n) is 0.856. The molecule has 0 unspecified atom stereocenters. The van der Waals surface area contributed by atoms with E-state index < -0.39 is 5.91 Å². The van der Waals surface area contributed by atoms with Gasteiger partial charge < -0.3 is 5.73 Å². The zero-order valence-corrected chi connectivity index (χ0v) is 6.28. The van der Waals surface area contributed by atoms with Gasteiger partial charge in [0.25, 0.3) is 5.91 Å². The summed E-state index contributed by atoms with van der Waals surface area (Å²) in [5, 5.41) is 0. The van der Waals surface area contributed by atoms with E-state index in [1.54, 1.807) is 30.3 Å². The van der Waals surface area contributed by atoms with Gasteiger partial charge in [0.15, 0.2) is 0 Å². The minimum absolute atomic E-state index is 0.115. The molecule has 0 aliphatic rings. The number of primary amides is 1. The van der Waals surface area contributed by atoms with Crippen molar-refractivity contribution in [1.82, 2.24) is 0 Å². The van der Waals surface area contributed by atoms with Crippen LogP contribution in [0.5, 0.6) is 0 Å². The molecule has 12 heavy (non-hydrogen) atoms. The summed E-state index contributed by atoms with van der Waals surface area (Å²) in [5.74, 6) is 0.756. The highest BCUT2D eigenvalue weighted by Gasteiger charge is 2.07. The maximum Gasteiger partial charge on any atom is 0.260 e. The Morgan fingerprint density at radius 3 is 2.25 bits per heavy atom. The summed E-state index contributed by atoms with van der Waals surface area (Å²) >= 11 is 0. The van der Waals surface area contributed by atoms with Crippen LogP contribution in [0.4, 0.5) is 0 Å². The van der Waals surface area contributed by atoms with Crippen LogP contribution in [0, 0.1) is 0 Å². The normalized spacial score (nSPS) is 8.67. The summed E-state index contributed by atoms with van der Waals surface area (Å²) in [7, 11) is 0. The van der Waals surface area contributed by atoms with Crippen LogP contribution >= 0.6 is 0 Å². The largest absolute Gasteiger partial charge is 0.365 e. The van der Waals surface area contributed by atoms with Crippen molar-refractivity contribution < 1.29 is 9.59 Å². The molecular weight excluding hydrogens is 154 g/mol. The highest BCUT2D eigenvalue weighted by Crippen LogP contribution is 2.08. The van der Waals surface area contributed by atoms with Crippen LogP contribution in [0.15, 0.2) is 30.3 Å². The van der Waals surface area contributed by atoms with Crippen molar-refractivity contribution in [2.45, 2.75) is 0 Å². The van der Waals surface area contributed by atoms with Gasteiger partial charge in [-0.2, -0.15) is 0 Å². The van der Waals surface area contributed by atoms with Gasteiger partial charge in [-0.15, -0.1) is 0 Å². The third-order valence-corrected chi connectivity index (χ3v) is 1.41. The van der Waals surface area contributed by atoms with Gasteiger partial charge in [0.1, 0.15) is 11.5 Å². The standard InChI is InChI=1S/C9H7NO2/c10-9(12)8(6-11)7-4-2-1-3-5-7/h1-5H,(H2,10,12). The van der Waals surface area contributed by atoms with E-state index in [0.29, 0.717) is 5.56 Å². The van der Waals surface area contributed by atoms with E-state index in [1.165, 1.54) is 5.94 Å². The lowest BCUT2D eigenvalue weighted by Gasteiger charge is -1.96. The molecule has 0 saturated carbocycles. The number of amides is 1. The molecule has 0 heterocycles. The van der Waals surface area contributed by atoms with Crippen LogP contribution in [-0.4, -0.2) is 11.8 Å². The van der Waals surface area contributed by atoms with Crippen LogP contribution < -0.4 is 5.73 Å². The Bertz CT molecular complexity index is 337. The molecule has 0 saturated heterocycles. The third kappa shape index (κ3) is 1.59. The molecule has 2 N–H and O–H groups in total. The number of carbonyl (C=O) groups excluding carboxylic acids is 2. The number of benzene rings is 1. The van der Waals surface area contributed by atoms with Crippen LogP contribution in [0.1, 0.15) is 5.56 Å². The SMILES string of the molecule is NC(=O)C(=C=O)c1ccccc1. The predicted molar refractivity (Wildman–Crippen MR) is 44.7 cm³/mol. The Labute approximate surface area is 69.5 Å². The average molecular weight is 161 g/mol. The first-order valence-corrected chi connectivity index (χ1v) is 3.36. The summed E-state index contributed by atoms with van der Waals surface area (Å²) in [6.45, 7) is 0. The van der Waals surface area contributed by atoms with E-state index in [0.717, 1.165) is 0 Å². The third-order valence-electron chi connectivity index (χ3n) is 1.41. The second-order valence-corrected chi connectivity index (χ2v) is 2.21. The molecule has 0 aliphatic carbocycles. The van der Waals surface area contributed by atoms with Gasteiger partial charge in [-0.25, -0.2) is 4.79 Å². The van der Waals surface area contributed by atoms with Gasteiger partial charge in [-0.05, 0) is 5.56 Å². The van der Waals surface area contributed by atoms with Gasteiger partial charge in [0.2, 0.25) is 0 Å². The van der Waals surface area contributed by atoms with E-state index in [-0.39, 0.29) is 5.57 Å². The van der Waals surface area contributed by atoms with Crippen LogP contribution in [-0.2, 0) is 9.59 Å². The fraction of sp³-hybridized carbons (Fsp3) is 0. The van der Waals surface area contributed by atoms with E-state index in [1.807, 2.05) is 0 Å². The zero-order chi connectivity index (χ0) is 8.97. The van der Waals surface area contributed by atoms with Crippen molar-refractivity contribution in [3.8, 4) is 0 Å². The van der Waals surface area contributed by atoms with Gasteiger partial charge in [-0.3, -0.25) is 4.79 Å². The number of nitrogens with two attached hydrogens (primary N) is 1. The van der Waals surface area contributed by atoms with Crippen LogP contribution in [0.3, 0.4) is 0 Å². The van der Waals surface area contributed by atoms with E-state index in [4.69, 9.17) is 5.73 Å². The molecule has 1 rings (SSSR count). The van der Waals surface area contributed by atoms with Crippen molar-refractivity contribution in [3.63, 3.8) is 0 Å². The molecule has 0 fully saturated rings. The second-order valence-electron chi connectivity index (χ2n) is 2.21. The first-order valence-electron chi connectivity index (χ1n) is 3.36. The van der Waals surface area contributed by atoms with Crippen LogP contribution in [0.25, 0.3) is 5.57 Å². The molecule has 3 heteroatoms. The summed E-state index contributed by atoms with van der Waals surface area (Å²) < 4.78 is 0. The van der Waals surface area contributed by atoms with Crippen molar-refractivity contribution >= 4 is 17.4 Å². The number of hydrogen-bond donors (Lipinski definition) is 1. The second kappa shape index (κ2) is 3.51. The quantitative estimate of drug-likeness (QED) is 0.503. The predicted octanol–water partition coefficient (Wildman–Crippen LogP) is 0.387. The Morgan fingerprint density at radius 2 is 1.83 bits per heavy atom. The fourth-order valence-corrected chi connectivity index (χ4v) is 0.856. The summed E-state index contributed by atoms with van der Waals surface area (Å²) in [6, 6.07) is 8.48. The lowest BCUT2D eigenvalue weighted by molar-refractivity contribution is -0.112. The minimum Gasteiger partial charge on any atom is -0.365 e. The molecule has 0 aliphatic heterocycles. The van der Waals surface area contributed by atoms with Gasteiger partial charge in [-0.1, -0.05) is 30.3 Å². The minimum atomic E-state index is -0.754. The lowest BCUT2D eigenvalue weighted by atomic mass is 10.1. The summed E-state index contributed by atoms with van der Waals surface area (Å²) in [5.41, 5.74) is 5.33. The molecule has 3 nitrogen and oxygen atoms in total. The van der Waals surface area contributed by atoms with Crippen molar-refractivity contribution in [3.05, 3.63) is 35.9 Å². The van der Waals surface area contributed by atoms with E-state index >= 15 is 0 Å². The molecular formula is C9H7NO2. The topological polar surface area (TPSA) is 60.2 Å². The monoisotopic (exact) mass is 161 g/mol. The Kier molecular flexibility index (Phi) is 2.41. The molecule has 0 radical (unpaired) electrons. The Balaban J connectivity index is 3.14. The maximum atomic E-state index is 10.7. The average Bonchev–Trinajstić information content (AvgIpc) is 2.07. The first kappa shape index (κ1) is 8.24. The van der Waals surface area contributed by atoms with Crippen molar-refractivity contribution in [1.29, 1.82) is 0 Å². The van der Waals surface area contributed by atoms with Crippen molar-refractivity contribution in [2.24, 2.45) is 5.73 Å². The lowest BCUT2D eigenvalue weighted by Crippen LogP contribution is -2.13. The smallest absolute Gasteiger partial charge is 0.260 e. The Morgan fingerprint density at radius 1 is 1.25 bits per heavy atom. The van der Waals surface area contributed by atoms with Gasteiger partial charge in [0, 0.05) is 0 Å². The first-order chi connectivity index (χ1) is 5.75.